The zero-order valence-corrected chi connectivity index (χ0v) is 18.8. The maximum atomic E-state index is 12.8. The first-order chi connectivity index (χ1) is 14.6. The molecule has 1 saturated heterocycles. The summed E-state index contributed by atoms with van der Waals surface area (Å²) in [5.41, 5.74) is 1.73. The van der Waals surface area contributed by atoms with Crippen molar-refractivity contribution < 1.29 is 9.53 Å². The molecule has 1 N–H and O–H groups in total. The summed E-state index contributed by atoms with van der Waals surface area (Å²) < 4.78 is 5.93. The summed E-state index contributed by atoms with van der Waals surface area (Å²) in [6.45, 7) is 9.28. The molecular formula is C23H32N4O2S. The molecule has 2 aromatic rings. The summed E-state index contributed by atoms with van der Waals surface area (Å²) in [6.07, 6.45) is 7.26. The van der Waals surface area contributed by atoms with Crippen LogP contribution in [-0.4, -0.2) is 59.0 Å². The SMILES string of the molecule is CC(C)Oc1cc(CN2CCN(C3CCCC3)CC2)cc(C(=O)Nc2nccs2)c1. The first-order valence-corrected chi connectivity index (χ1v) is 11.9. The van der Waals surface area contributed by atoms with Gasteiger partial charge in [-0.1, -0.05) is 12.8 Å². The Balaban J connectivity index is 1.43. The minimum Gasteiger partial charge on any atom is -0.491 e. The second kappa shape index (κ2) is 9.90. The Hall–Kier alpha value is -1.96. The van der Waals surface area contributed by atoms with Crippen LogP contribution < -0.4 is 10.1 Å². The molecule has 4 rings (SSSR count). The van der Waals surface area contributed by atoms with Crippen molar-refractivity contribution in [2.24, 2.45) is 0 Å². The van der Waals surface area contributed by atoms with Gasteiger partial charge in [-0.05, 0) is 50.5 Å². The lowest BCUT2D eigenvalue weighted by atomic mass is 10.1. The number of hydrogen-bond donors (Lipinski definition) is 1. The van der Waals surface area contributed by atoms with Gasteiger partial charge in [-0.15, -0.1) is 11.3 Å². The molecule has 1 aliphatic heterocycles. The number of nitrogens with one attached hydrogen (secondary N) is 1. The van der Waals surface area contributed by atoms with Gasteiger partial charge in [0, 0.05) is 55.9 Å². The van der Waals surface area contributed by atoms with Gasteiger partial charge in [-0.3, -0.25) is 19.9 Å². The van der Waals surface area contributed by atoms with Crippen molar-refractivity contribution in [2.75, 3.05) is 31.5 Å². The summed E-state index contributed by atoms with van der Waals surface area (Å²) in [5.74, 6) is 0.600. The molecule has 2 aliphatic rings. The van der Waals surface area contributed by atoms with Gasteiger partial charge in [-0.2, -0.15) is 0 Å². The van der Waals surface area contributed by atoms with E-state index in [1.165, 1.54) is 37.0 Å². The summed E-state index contributed by atoms with van der Waals surface area (Å²) in [6, 6.07) is 6.68. The van der Waals surface area contributed by atoms with Crippen LogP contribution in [0, 0.1) is 0 Å². The van der Waals surface area contributed by atoms with Gasteiger partial charge < -0.3 is 4.74 Å². The van der Waals surface area contributed by atoms with E-state index >= 15 is 0 Å². The number of hydrogen-bond acceptors (Lipinski definition) is 6. The summed E-state index contributed by atoms with van der Waals surface area (Å²) in [7, 11) is 0. The van der Waals surface area contributed by atoms with Crippen LogP contribution in [0.1, 0.15) is 55.5 Å². The predicted octanol–water partition coefficient (Wildman–Crippen LogP) is 4.24. The normalized spacial score (nSPS) is 18.8. The second-order valence-electron chi connectivity index (χ2n) is 8.57. The molecule has 0 unspecified atom stereocenters. The highest BCUT2D eigenvalue weighted by atomic mass is 32.1. The Labute approximate surface area is 183 Å². The molecule has 1 saturated carbocycles. The molecule has 1 aliphatic carbocycles. The molecule has 0 bridgehead atoms. The lowest BCUT2D eigenvalue weighted by Gasteiger charge is -2.38. The fourth-order valence-corrected chi connectivity index (χ4v) is 5.02. The molecule has 1 aromatic carbocycles. The number of carbonyl (C=O) groups is 1. The minimum atomic E-state index is -0.147. The van der Waals surface area contributed by atoms with E-state index in [-0.39, 0.29) is 12.0 Å². The fraction of sp³-hybridized carbons (Fsp3) is 0.565. The van der Waals surface area contributed by atoms with E-state index in [9.17, 15) is 4.79 Å². The van der Waals surface area contributed by atoms with E-state index in [2.05, 4.69) is 26.2 Å². The molecule has 162 valence electrons. The number of ether oxygens (including phenoxy) is 1. The van der Waals surface area contributed by atoms with Gasteiger partial charge in [0.15, 0.2) is 5.13 Å². The summed E-state index contributed by atoms with van der Waals surface area (Å²) in [4.78, 5) is 22.1. The Morgan fingerprint density at radius 2 is 1.97 bits per heavy atom. The van der Waals surface area contributed by atoms with Crippen molar-refractivity contribution in [3.63, 3.8) is 0 Å². The van der Waals surface area contributed by atoms with Gasteiger partial charge in [-0.25, -0.2) is 4.98 Å². The Kier molecular flexibility index (Phi) is 7.02. The predicted molar refractivity (Wildman–Crippen MR) is 121 cm³/mol. The molecule has 0 atom stereocenters. The van der Waals surface area contributed by atoms with Crippen molar-refractivity contribution in [3.8, 4) is 5.75 Å². The van der Waals surface area contributed by atoms with Gasteiger partial charge in [0.2, 0.25) is 0 Å². The smallest absolute Gasteiger partial charge is 0.257 e. The molecule has 0 spiro atoms. The molecule has 2 fully saturated rings. The molecule has 30 heavy (non-hydrogen) atoms. The molecule has 1 amide bonds. The van der Waals surface area contributed by atoms with Crippen LogP contribution in [0.25, 0.3) is 0 Å². The number of benzene rings is 1. The minimum absolute atomic E-state index is 0.0603. The quantitative estimate of drug-likeness (QED) is 0.715. The van der Waals surface area contributed by atoms with E-state index in [4.69, 9.17) is 4.74 Å². The number of carbonyl (C=O) groups excluding carboxylic acids is 1. The van der Waals surface area contributed by atoms with E-state index in [0.717, 1.165) is 50.1 Å². The highest BCUT2D eigenvalue weighted by Crippen LogP contribution is 2.26. The topological polar surface area (TPSA) is 57.7 Å². The van der Waals surface area contributed by atoms with Crippen LogP contribution >= 0.6 is 11.3 Å². The standard InChI is InChI=1S/C23H32N4O2S/c1-17(2)29-21-14-18(13-19(15-21)22(28)25-23-24-7-12-30-23)16-26-8-10-27(11-9-26)20-5-3-4-6-20/h7,12-15,17,20H,3-6,8-11,16H2,1-2H3,(H,24,25,28). The van der Waals surface area contributed by atoms with E-state index < -0.39 is 0 Å². The number of amides is 1. The van der Waals surface area contributed by atoms with Gasteiger partial charge in [0.1, 0.15) is 5.75 Å². The third-order valence-electron chi connectivity index (χ3n) is 5.91. The number of rotatable bonds is 7. The zero-order chi connectivity index (χ0) is 20.9. The summed E-state index contributed by atoms with van der Waals surface area (Å²) >= 11 is 1.42. The Morgan fingerprint density at radius 1 is 1.20 bits per heavy atom. The molecule has 1 aromatic heterocycles. The lowest BCUT2D eigenvalue weighted by molar-refractivity contribution is 0.0935. The maximum Gasteiger partial charge on any atom is 0.257 e. The molecule has 0 radical (unpaired) electrons. The van der Waals surface area contributed by atoms with E-state index in [1.807, 2.05) is 31.4 Å². The Morgan fingerprint density at radius 3 is 2.63 bits per heavy atom. The molecule has 6 nitrogen and oxygen atoms in total. The first-order valence-electron chi connectivity index (χ1n) is 11.0. The van der Waals surface area contributed by atoms with Crippen molar-refractivity contribution in [3.05, 3.63) is 40.9 Å². The van der Waals surface area contributed by atoms with Crippen LogP contribution in [0.3, 0.4) is 0 Å². The largest absolute Gasteiger partial charge is 0.491 e. The van der Waals surface area contributed by atoms with E-state index in [1.54, 1.807) is 6.20 Å². The average molecular weight is 429 g/mol. The molecular weight excluding hydrogens is 396 g/mol. The monoisotopic (exact) mass is 428 g/mol. The van der Waals surface area contributed by atoms with E-state index in [0.29, 0.717) is 10.7 Å². The number of piperazine rings is 1. The van der Waals surface area contributed by atoms with Crippen molar-refractivity contribution >= 4 is 22.4 Å². The van der Waals surface area contributed by atoms with Crippen molar-refractivity contribution in [2.45, 2.75) is 58.2 Å². The van der Waals surface area contributed by atoms with Crippen LogP contribution in [0.15, 0.2) is 29.8 Å². The number of thiazole rings is 1. The highest BCUT2D eigenvalue weighted by molar-refractivity contribution is 7.13. The number of nitrogens with zero attached hydrogens (tertiary/aromatic N) is 3. The van der Waals surface area contributed by atoms with Crippen LogP contribution in [0.5, 0.6) is 5.75 Å². The fourth-order valence-electron chi connectivity index (χ4n) is 4.49. The lowest BCUT2D eigenvalue weighted by Crippen LogP contribution is -2.49. The first kappa shape index (κ1) is 21.3. The third kappa shape index (κ3) is 5.59. The van der Waals surface area contributed by atoms with Crippen LogP contribution in [-0.2, 0) is 6.54 Å². The van der Waals surface area contributed by atoms with Gasteiger partial charge in [0.25, 0.3) is 5.91 Å². The average Bonchev–Trinajstić information content (AvgIpc) is 3.42. The van der Waals surface area contributed by atoms with Crippen LogP contribution in [0.2, 0.25) is 0 Å². The number of aromatic nitrogens is 1. The number of anilines is 1. The van der Waals surface area contributed by atoms with Crippen LogP contribution in [0.4, 0.5) is 5.13 Å². The highest BCUT2D eigenvalue weighted by Gasteiger charge is 2.26. The maximum absolute atomic E-state index is 12.8. The van der Waals surface area contributed by atoms with Crippen molar-refractivity contribution in [1.29, 1.82) is 0 Å². The van der Waals surface area contributed by atoms with Gasteiger partial charge >= 0.3 is 0 Å². The molecule has 2 heterocycles. The second-order valence-corrected chi connectivity index (χ2v) is 9.47. The third-order valence-corrected chi connectivity index (χ3v) is 6.60. The van der Waals surface area contributed by atoms with Crippen molar-refractivity contribution in [1.82, 2.24) is 14.8 Å². The summed E-state index contributed by atoms with van der Waals surface area (Å²) in [5, 5.41) is 5.34. The zero-order valence-electron chi connectivity index (χ0n) is 18.0. The van der Waals surface area contributed by atoms with Gasteiger partial charge in [0.05, 0.1) is 6.10 Å². The Bertz CT molecular complexity index is 826. The molecule has 7 heteroatoms.